The van der Waals surface area contributed by atoms with Gasteiger partial charge in [-0.05, 0) is 30.7 Å². The van der Waals surface area contributed by atoms with E-state index in [1.54, 1.807) is 19.5 Å². The fourth-order valence-electron chi connectivity index (χ4n) is 1.87. The molecule has 106 valence electrons. The van der Waals surface area contributed by atoms with Gasteiger partial charge in [0.2, 0.25) is 0 Å². The van der Waals surface area contributed by atoms with Gasteiger partial charge < -0.3 is 10.1 Å². The van der Waals surface area contributed by atoms with Crippen molar-refractivity contribution in [3.05, 3.63) is 47.5 Å². The average molecular weight is 275 g/mol. The lowest BCUT2D eigenvalue weighted by atomic mass is 10.1. The number of nitrogens with zero attached hydrogens (tertiary/aromatic N) is 2. The van der Waals surface area contributed by atoms with Crippen molar-refractivity contribution in [2.45, 2.75) is 13.5 Å². The summed E-state index contributed by atoms with van der Waals surface area (Å²) in [6.07, 6.45) is 3.50. The molecule has 2 rings (SSSR count). The average Bonchev–Trinajstić information content (AvgIpc) is 2.43. The molecule has 0 bridgehead atoms. The summed E-state index contributed by atoms with van der Waals surface area (Å²) < 4.78 is 18.3. The van der Waals surface area contributed by atoms with Crippen molar-refractivity contribution < 1.29 is 9.13 Å². The smallest absolute Gasteiger partial charge is 0.159 e. The zero-order valence-corrected chi connectivity index (χ0v) is 11.7. The van der Waals surface area contributed by atoms with Crippen LogP contribution in [-0.4, -0.2) is 30.2 Å². The minimum Gasteiger partial charge on any atom is -0.383 e. The first-order chi connectivity index (χ1) is 9.69. The van der Waals surface area contributed by atoms with E-state index in [9.17, 15) is 4.39 Å². The molecule has 0 unspecified atom stereocenters. The van der Waals surface area contributed by atoms with E-state index in [1.807, 2.05) is 13.0 Å². The van der Waals surface area contributed by atoms with E-state index >= 15 is 0 Å². The van der Waals surface area contributed by atoms with E-state index < -0.39 is 0 Å². The second kappa shape index (κ2) is 7.07. The van der Waals surface area contributed by atoms with E-state index in [0.717, 1.165) is 17.7 Å². The van der Waals surface area contributed by atoms with Crippen molar-refractivity contribution in [2.24, 2.45) is 0 Å². The zero-order chi connectivity index (χ0) is 14.4. The second-order valence-corrected chi connectivity index (χ2v) is 4.60. The number of rotatable bonds is 6. The lowest BCUT2D eigenvalue weighted by Crippen LogP contribution is -2.18. The highest BCUT2D eigenvalue weighted by molar-refractivity contribution is 5.55. The number of hydrogen-bond donors (Lipinski definition) is 1. The summed E-state index contributed by atoms with van der Waals surface area (Å²) in [7, 11) is 1.67. The summed E-state index contributed by atoms with van der Waals surface area (Å²) in [4.78, 5) is 8.56. The molecule has 4 nitrogen and oxygen atoms in total. The van der Waals surface area contributed by atoms with Gasteiger partial charge in [0.05, 0.1) is 6.61 Å². The van der Waals surface area contributed by atoms with E-state index in [1.165, 1.54) is 12.1 Å². The molecule has 1 aromatic heterocycles. The Morgan fingerprint density at radius 2 is 1.95 bits per heavy atom. The molecular weight excluding hydrogens is 257 g/mol. The van der Waals surface area contributed by atoms with Crippen LogP contribution in [0.1, 0.15) is 11.1 Å². The fourth-order valence-corrected chi connectivity index (χ4v) is 1.87. The third-order valence-electron chi connectivity index (χ3n) is 2.82. The summed E-state index contributed by atoms with van der Waals surface area (Å²) in [5, 5.41) is 3.22. The van der Waals surface area contributed by atoms with Crippen molar-refractivity contribution in [1.82, 2.24) is 15.3 Å². The van der Waals surface area contributed by atoms with Crippen LogP contribution in [0.2, 0.25) is 0 Å². The van der Waals surface area contributed by atoms with Gasteiger partial charge in [0.15, 0.2) is 5.82 Å². The first-order valence-corrected chi connectivity index (χ1v) is 6.47. The topological polar surface area (TPSA) is 47.0 Å². The summed E-state index contributed by atoms with van der Waals surface area (Å²) in [5.74, 6) is 0.266. The molecule has 1 heterocycles. The molecule has 20 heavy (non-hydrogen) atoms. The van der Waals surface area contributed by atoms with Crippen LogP contribution in [0, 0.1) is 12.7 Å². The summed E-state index contributed by atoms with van der Waals surface area (Å²) in [6, 6.07) is 4.80. The van der Waals surface area contributed by atoms with Gasteiger partial charge in [0.25, 0.3) is 0 Å². The van der Waals surface area contributed by atoms with E-state index in [0.29, 0.717) is 24.5 Å². The maximum atomic E-state index is 13.4. The van der Waals surface area contributed by atoms with Crippen LogP contribution in [0.4, 0.5) is 4.39 Å². The first-order valence-electron chi connectivity index (χ1n) is 6.47. The van der Waals surface area contributed by atoms with Gasteiger partial charge in [-0.3, -0.25) is 0 Å². The normalized spacial score (nSPS) is 10.8. The van der Waals surface area contributed by atoms with Crippen LogP contribution in [0.5, 0.6) is 0 Å². The molecule has 0 aliphatic rings. The van der Waals surface area contributed by atoms with Crippen molar-refractivity contribution in [1.29, 1.82) is 0 Å². The number of halogens is 1. The molecule has 0 radical (unpaired) electrons. The molecule has 0 amide bonds. The van der Waals surface area contributed by atoms with Gasteiger partial charge in [-0.2, -0.15) is 0 Å². The number of benzene rings is 1. The van der Waals surface area contributed by atoms with Crippen molar-refractivity contribution in [3.63, 3.8) is 0 Å². The Bertz CT molecular complexity index is 537. The van der Waals surface area contributed by atoms with Crippen molar-refractivity contribution >= 4 is 0 Å². The van der Waals surface area contributed by atoms with E-state index in [-0.39, 0.29) is 5.82 Å². The second-order valence-electron chi connectivity index (χ2n) is 4.60. The Labute approximate surface area is 118 Å². The van der Waals surface area contributed by atoms with Crippen LogP contribution >= 0.6 is 0 Å². The Balaban J connectivity index is 2.04. The molecule has 1 N–H and O–H groups in total. The largest absolute Gasteiger partial charge is 0.383 e. The van der Waals surface area contributed by atoms with Gasteiger partial charge in [-0.15, -0.1) is 0 Å². The first kappa shape index (κ1) is 14.6. The van der Waals surface area contributed by atoms with Crippen LogP contribution in [-0.2, 0) is 11.3 Å². The fraction of sp³-hybridized carbons (Fsp3) is 0.333. The highest BCUT2D eigenvalue weighted by Crippen LogP contribution is 2.17. The highest BCUT2D eigenvalue weighted by atomic mass is 19.1. The molecule has 0 saturated heterocycles. The van der Waals surface area contributed by atoms with Crippen LogP contribution in [0.25, 0.3) is 11.4 Å². The molecule has 2 aromatic rings. The van der Waals surface area contributed by atoms with Gasteiger partial charge in [-0.1, -0.05) is 0 Å². The molecule has 0 aliphatic heterocycles. The summed E-state index contributed by atoms with van der Waals surface area (Å²) in [6.45, 7) is 3.98. The van der Waals surface area contributed by atoms with Gasteiger partial charge in [0, 0.05) is 43.7 Å². The highest BCUT2D eigenvalue weighted by Gasteiger charge is 2.04. The monoisotopic (exact) mass is 275 g/mol. The molecule has 1 aromatic carbocycles. The Morgan fingerprint density at radius 3 is 2.60 bits per heavy atom. The number of nitrogens with one attached hydrogen (secondary N) is 1. The molecule has 0 spiro atoms. The van der Waals surface area contributed by atoms with Gasteiger partial charge >= 0.3 is 0 Å². The number of aryl methyl sites for hydroxylation is 1. The lowest BCUT2D eigenvalue weighted by Gasteiger charge is -2.05. The molecule has 5 heteroatoms. The molecular formula is C15H18FN3O. The Hall–Kier alpha value is -1.85. The number of methoxy groups -OCH3 is 1. The predicted molar refractivity (Wildman–Crippen MR) is 75.7 cm³/mol. The number of hydrogen-bond acceptors (Lipinski definition) is 4. The standard InChI is InChI=1S/C15H18FN3O/c1-11-5-13(7-14(16)6-11)15-18-9-12(10-19-15)8-17-3-4-20-2/h5-7,9-10,17H,3-4,8H2,1-2H3. The zero-order valence-electron chi connectivity index (χ0n) is 11.7. The molecule has 0 aliphatic carbocycles. The van der Waals surface area contributed by atoms with Crippen molar-refractivity contribution in [2.75, 3.05) is 20.3 Å². The molecule has 0 fully saturated rings. The Morgan fingerprint density at radius 1 is 1.20 bits per heavy atom. The number of ether oxygens (including phenoxy) is 1. The summed E-state index contributed by atoms with van der Waals surface area (Å²) in [5.41, 5.74) is 2.54. The SMILES string of the molecule is COCCNCc1cnc(-c2cc(C)cc(F)c2)nc1. The third-order valence-corrected chi connectivity index (χ3v) is 2.82. The van der Waals surface area contributed by atoms with Gasteiger partial charge in [-0.25, -0.2) is 14.4 Å². The van der Waals surface area contributed by atoms with E-state index in [2.05, 4.69) is 15.3 Å². The minimum atomic E-state index is -0.270. The third kappa shape index (κ3) is 4.08. The van der Waals surface area contributed by atoms with Crippen LogP contribution < -0.4 is 5.32 Å². The summed E-state index contributed by atoms with van der Waals surface area (Å²) >= 11 is 0. The van der Waals surface area contributed by atoms with Crippen LogP contribution in [0.3, 0.4) is 0 Å². The number of aromatic nitrogens is 2. The quantitative estimate of drug-likeness (QED) is 0.822. The van der Waals surface area contributed by atoms with Crippen molar-refractivity contribution in [3.8, 4) is 11.4 Å². The minimum absolute atomic E-state index is 0.270. The molecule has 0 saturated carbocycles. The molecule has 0 atom stereocenters. The predicted octanol–water partition coefficient (Wildman–Crippen LogP) is 2.33. The van der Waals surface area contributed by atoms with E-state index in [4.69, 9.17) is 4.74 Å². The maximum absolute atomic E-state index is 13.4. The van der Waals surface area contributed by atoms with Crippen LogP contribution in [0.15, 0.2) is 30.6 Å². The lowest BCUT2D eigenvalue weighted by molar-refractivity contribution is 0.199. The van der Waals surface area contributed by atoms with Gasteiger partial charge in [0.1, 0.15) is 5.82 Å². The Kier molecular flexibility index (Phi) is 5.15. The maximum Gasteiger partial charge on any atom is 0.159 e.